The van der Waals surface area contributed by atoms with E-state index >= 15 is 0 Å². The van der Waals surface area contributed by atoms with Crippen LogP contribution in [0.1, 0.15) is 25.7 Å². The van der Waals surface area contributed by atoms with Crippen LogP contribution in [0.4, 0.5) is 0 Å². The van der Waals surface area contributed by atoms with Gasteiger partial charge in [-0.3, -0.25) is 4.90 Å². The average molecular weight is 322 g/mol. The molecule has 5 nitrogen and oxygen atoms in total. The van der Waals surface area contributed by atoms with Crippen molar-refractivity contribution in [2.45, 2.75) is 32.4 Å². The Kier molecular flexibility index (Phi) is 4.76. The Morgan fingerprint density at radius 2 is 2.27 bits per heavy atom. The number of likely N-dealkylation sites (tertiary alicyclic amines) is 1. The predicted octanol–water partition coefficient (Wildman–Crippen LogP) is 2.98. The van der Waals surface area contributed by atoms with E-state index in [1.165, 1.54) is 0 Å². The molecule has 1 saturated heterocycles. The minimum atomic E-state index is 0.162. The SMILES string of the molecule is CC1CCCN(Cc2nnc(-c3cccc(Cl)c3)o2)C1CO. The molecule has 3 rings (SSSR count). The highest BCUT2D eigenvalue weighted by Crippen LogP contribution is 2.26. The first-order chi connectivity index (χ1) is 10.7. The number of hydrogen-bond donors (Lipinski definition) is 1. The lowest BCUT2D eigenvalue weighted by Gasteiger charge is -2.38. The fourth-order valence-corrected chi connectivity index (χ4v) is 3.25. The molecule has 22 heavy (non-hydrogen) atoms. The molecule has 1 aromatic carbocycles. The Hall–Kier alpha value is -1.43. The smallest absolute Gasteiger partial charge is 0.247 e. The summed E-state index contributed by atoms with van der Waals surface area (Å²) in [7, 11) is 0. The second kappa shape index (κ2) is 6.77. The third kappa shape index (κ3) is 3.32. The zero-order chi connectivity index (χ0) is 15.5. The lowest BCUT2D eigenvalue weighted by atomic mass is 9.91. The van der Waals surface area contributed by atoms with Gasteiger partial charge in [-0.2, -0.15) is 0 Å². The van der Waals surface area contributed by atoms with Crippen LogP contribution in [0.2, 0.25) is 5.02 Å². The topological polar surface area (TPSA) is 62.4 Å². The van der Waals surface area contributed by atoms with E-state index < -0.39 is 0 Å². The summed E-state index contributed by atoms with van der Waals surface area (Å²) in [5, 5.41) is 18.5. The predicted molar refractivity (Wildman–Crippen MR) is 84.4 cm³/mol. The van der Waals surface area contributed by atoms with Crippen LogP contribution < -0.4 is 0 Å². The summed E-state index contributed by atoms with van der Waals surface area (Å²) in [6, 6.07) is 7.52. The number of aliphatic hydroxyl groups excluding tert-OH is 1. The van der Waals surface area contributed by atoms with Gasteiger partial charge in [-0.15, -0.1) is 10.2 Å². The normalized spacial score (nSPS) is 22.9. The molecule has 6 heteroatoms. The van der Waals surface area contributed by atoms with Gasteiger partial charge in [0, 0.05) is 16.6 Å². The van der Waals surface area contributed by atoms with E-state index in [4.69, 9.17) is 16.0 Å². The second-order valence-corrected chi connectivity index (χ2v) is 6.29. The molecule has 1 aliphatic heterocycles. The van der Waals surface area contributed by atoms with Crippen LogP contribution >= 0.6 is 11.6 Å². The van der Waals surface area contributed by atoms with Crippen molar-refractivity contribution in [2.75, 3.05) is 13.2 Å². The molecular weight excluding hydrogens is 302 g/mol. The molecule has 2 heterocycles. The summed E-state index contributed by atoms with van der Waals surface area (Å²) in [5.74, 6) is 1.53. The standard InChI is InChI=1S/C16H20ClN3O2/c1-11-4-3-7-20(14(11)10-21)9-15-18-19-16(22-15)12-5-2-6-13(17)8-12/h2,5-6,8,11,14,21H,3-4,7,9-10H2,1H3. The Labute approximate surface area is 134 Å². The highest BCUT2D eigenvalue weighted by Gasteiger charge is 2.29. The first-order valence-electron chi connectivity index (χ1n) is 7.60. The number of nitrogens with zero attached hydrogens (tertiary/aromatic N) is 3. The molecule has 118 valence electrons. The third-order valence-electron chi connectivity index (χ3n) is 4.29. The van der Waals surface area contributed by atoms with Crippen LogP contribution in [-0.4, -0.2) is 39.4 Å². The maximum absolute atomic E-state index is 9.60. The van der Waals surface area contributed by atoms with E-state index in [1.807, 2.05) is 18.2 Å². The van der Waals surface area contributed by atoms with Gasteiger partial charge >= 0.3 is 0 Å². The van der Waals surface area contributed by atoms with Crippen molar-refractivity contribution in [2.24, 2.45) is 5.92 Å². The molecule has 1 aliphatic rings. The van der Waals surface area contributed by atoms with Crippen molar-refractivity contribution in [3.8, 4) is 11.5 Å². The van der Waals surface area contributed by atoms with Crippen molar-refractivity contribution in [3.63, 3.8) is 0 Å². The maximum atomic E-state index is 9.60. The molecule has 0 saturated carbocycles. The molecule has 2 aromatic rings. The summed E-state index contributed by atoms with van der Waals surface area (Å²) in [6.45, 7) is 3.86. The van der Waals surface area contributed by atoms with Gasteiger partial charge in [0.25, 0.3) is 0 Å². The molecular formula is C16H20ClN3O2. The largest absolute Gasteiger partial charge is 0.419 e. The number of benzene rings is 1. The van der Waals surface area contributed by atoms with Gasteiger partial charge in [0.1, 0.15) is 0 Å². The van der Waals surface area contributed by atoms with Crippen molar-refractivity contribution >= 4 is 11.6 Å². The molecule has 1 N–H and O–H groups in total. The molecule has 0 spiro atoms. The van der Waals surface area contributed by atoms with Gasteiger partial charge in [0.15, 0.2) is 0 Å². The van der Waals surface area contributed by atoms with Crippen LogP contribution in [0.15, 0.2) is 28.7 Å². The highest BCUT2D eigenvalue weighted by molar-refractivity contribution is 6.30. The molecule has 1 aromatic heterocycles. The van der Waals surface area contributed by atoms with Crippen LogP contribution in [0, 0.1) is 5.92 Å². The van der Waals surface area contributed by atoms with E-state index in [1.54, 1.807) is 6.07 Å². The minimum Gasteiger partial charge on any atom is -0.419 e. The number of hydrogen-bond acceptors (Lipinski definition) is 5. The van der Waals surface area contributed by atoms with Crippen molar-refractivity contribution in [3.05, 3.63) is 35.2 Å². The van der Waals surface area contributed by atoms with Gasteiger partial charge in [-0.25, -0.2) is 0 Å². The zero-order valence-corrected chi connectivity index (χ0v) is 13.3. The summed E-state index contributed by atoms with van der Waals surface area (Å²) in [6.07, 6.45) is 2.28. The van der Waals surface area contributed by atoms with Crippen molar-refractivity contribution in [1.82, 2.24) is 15.1 Å². The molecule has 0 aliphatic carbocycles. The quantitative estimate of drug-likeness (QED) is 0.938. The van der Waals surface area contributed by atoms with Crippen molar-refractivity contribution in [1.29, 1.82) is 0 Å². The summed E-state index contributed by atoms with van der Waals surface area (Å²) in [5.41, 5.74) is 0.817. The lowest BCUT2D eigenvalue weighted by Crippen LogP contribution is -2.46. The van der Waals surface area contributed by atoms with Gasteiger partial charge in [0.2, 0.25) is 11.8 Å². The van der Waals surface area contributed by atoms with Crippen LogP contribution in [0.5, 0.6) is 0 Å². The molecule has 2 atom stereocenters. The van der Waals surface area contributed by atoms with Gasteiger partial charge in [-0.05, 0) is 43.5 Å². The van der Waals surface area contributed by atoms with Crippen LogP contribution in [0.3, 0.4) is 0 Å². The van der Waals surface area contributed by atoms with Gasteiger partial charge in [0.05, 0.1) is 13.2 Å². The number of piperidine rings is 1. The van der Waals surface area contributed by atoms with E-state index in [9.17, 15) is 5.11 Å². The van der Waals surface area contributed by atoms with Crippen molar-refractivity contribution < 1.29 is 9.52 Å². The first kappa shape index (κ1) is 15.5. The molecule has 2 unspecified atom stereocenters. The number of rotatable bonds is 4. The highest BCUT2D eigenvalue weighted by atomic mass is 35.5. The third-order valence-corrected chi connectivity index (χ3v) is 4.53. The number of aliphatic hydroxyl groups is 1. The Bertz CT molecular complexity index is 631. The minimum absolute atomic E-state index is 0.162. The molecule has 0 radical (unpaired) electrons. The maximum Gasteiger partial charge on any atom is 0.247 e. The molecule has 0 amide bonds. The molecule has 0 bridgehead atoms. The second-order valence-electron chi connectivity index (χ2n) is 5.85. The van der Waals surface area contributed by atoms with E-state index in [-0.39, 0.29) is 12.6 Å². The van der Waals surface area contributed by atoms with Crippen LogP contribution in [-0.2, 0) is 6.54 Å². The fourth-order valence-electron chi connectivity index (χ4n) is 3.06. The van der Waals surface area contributed by atoms with Gasteiger partial charge in [-0.1, -0.05) is 24.6 Å². The van der Waals surface area contributed by atoms with E-state index in [2.05, 4.69) is 22.0 Å². The number of halogens is 1. The van der Waals surface area contributed by atoms with Crippen LogP contribution in [0.25, 0.3) is 11.5 Å². The fraction of sp³-hybridized carbons (Fsp3) is 0.500. The number of aromatic nitrogens is 2. The Balaban J connectivity index is 1.74. The monoisotopic (exact) mass is 321 g/mol. The summed E-state index contributed by atoms with van der Waals surface area (Å²) >= 11 is 5.99. The molecule has 1 fully saturated rings. The Morgan fingerprint density at radius 1 is 1.41 bits per heavy atom. The first-order valence-corrected chi connectivity index (χ1v) is 7.98. The van der Waals surface area contributed by atoms with E-state index in [0.29, 0.717) is 29.3 Å². The zero-order valence-electron chi connectivity index (χ0n) is 12.6. The lowest BCUT2D eigenvalue weighted by molar-refractivity contribution is 0.0415. The average Bonchev–Trinajstić information content (AvgIpc) is 2.96. The van der Waals surface area contributed by atoms with E-state index in [0.717, 1.165) is 24.9 Å². The summed E-state index contributed by atoms with van der Waals surface area (Å²) in [4.78, 5) is 2.23. The Morgan fingerprint density at radius 3 is 3.05 bits per heavy atom. The summed E-state index contributed by atoms with van der Waals surface area (Å²) < 4.78 is 5.75. The van der Waals surface area contributed by atoms with Gasteiger partial charge < -0.3 is 9.52 Å².